The van der Waals surface area contributed by atoms with Crippen LogP contribution in [-0.4, -0.2) is 25.2 Å². The normalized spacial score (nSPS) is 14.1. The van der Waals surface area contributed by atoms with Gasteiger partial charge in [-0.15, -0.1) is 0 Å². The summed E-state index contributed by atoms with van der Waals surface area (Å²) in [7, 11) is 0. The van der Waals surface area contributed by atoms with Crippen molar-refractivity contribution in [1.82, 2.24) is 5.32 Å². The van der Waals surface area contributed by atoms with Crippen molar-refractivity contribution in [3.8, 4) is 0 Å². The highest BCUT2D eigenvalue weighted by molar-refractivity contribution is 5.80. The maximum absolute atomic E-state index is 12.1. The predicted octanol–water partition coefficient (Wildman–Crippen LogP) is 4.07. The van der Waals surface area contributed by atoms with Crippen molar-refractivity contribution in [3.05, 3.63) is 65.2 Å². The molecule has 27 heavy (non-hydrogen) atoms. The minimum Gasteiger partial charge on any atom is -0.369 e. The van der Waals surface area contributed by atoms with Crippen molar-refractivity contribution >= 4 is 11.6 Å². The summed E-state index contributed by atoms with van der Waals surface area (Å²) in [4.78, 5) is 14.5. The second kappa shape index (κ2) is 9.56. The number of nitrogens with zero attached hydrogens (tertiary/aromatic N) is 1. The third-order valence-corrected chi connectivity index (χ3v) is 5.08. The Kier molecular flexibility index (Phi) is 6.88. The summed E-state index contributed by atoms with van der Waals surface area (Å²) >= 11 is 0. The average Bonchev–Trinajstić information content (AvgIpc) is 3.10. The number of amides is 1. The predicted molar refractivity (Wildman–Crippen MR) is 110 cm³/mol. The number of hydrogen-bond acceptors (Lipinski definition) is 3. The van der Waals surface area contributed by atoms with Crippen LogP contribution in [0.5, 0.6) is 0 Å². The van der Waals surface area contributed by atoms with Gasteiger partial charge in [0.05, 0.1) is 0 Å². The molecule has 2 aromatic carbocycles. The number of nitrogens with one attached hydrogen (secondary N) is 1. The number of rotatable bonds is 9. The first-order valence-electron chi connectivity index (χ1n) is 9.97. The first-order chi connectivity index (χ1) is 13.2. The number of anilines is 1. The second-order valence-corrected chi connectivity index (χ2v) is 7.20. The SMILES string of the molecule is CCCCOC(C)C(=O)NCc1ccc(CN2CCc3ccccc32)cc1. The minimum absolute atomic E-state index is 0.0520. The molecule has 4 nitrogen and oxygen atoms in total. The van der Waals surface area contributed by atoms with Crippen LogP contribution in [0.1, 0.15) is 43.4 Å². The van der Waals surface area contributed by atoms with Gasteiger partial charge in [0.1, 0.15) is 6.10 Å². The number of unbranched alkanes of at least 4 members (excludes halogenated alkanes) is 1. The van der Waals surface area contributed by atoms with Crippen molar-refractivity contribution in [3.63, 3.8) is 0 Å². The Balaban J connectivity index is 1.47. The van der Waals surface area contributed by atoms with Crippen LogP contribution in [0.2, 0.25) is 0 Å². The van der Waals surface area contributed by atoms with Gasteiger partial charge in [-0.25, -0.2) is 0 Å². The molecule has 1 unspecified atom stereocenters. The zero-order valence-corrected chi connectivity index (χ0v) is 16.4. The van der Waals surface area contributed by atoms with Gasteiger partial charge in [-0.2, -0.15) is 0 Å². The molecular formula is C23H30N2O2. The van der Waals surface area contributed by atoms with Gasteiger partial charge in [0.25, 0.3) is 0 Å². The maximum atomic E-state index is 12.1. The summed E-state index contributed by atoms with van der Waals surface area (Å²) in [5, 5.41) is 2.96. The van der Waals surface area contributed by atoms with E-state index in [4.69, 9.17) is 4.74 Å². The summed E-state index contributed by atoms with van der Waals surface area (Å²) in [6.07, 6.45) is 2.79. The lowest BCUT2D eigenvalue weighted by Gasteiger charge is -2.19. The lowest BCUT2D eigenvalue weighted by Crippen LogP contribution is -2.34. The third-order valence-electron chi connectivity index (χ3n) is 5.08. The quantitative estimate of drug-likeness (QED) is 0.680. The molecule has 0 saturated heterocycles. The molecule has 0 spiro atoms. The van der Waals surface area contributed by atoms with Gasteiger partial charge in [0.15, 0.2) is 0 Å². The Hall–Kier alpha value is -2.33. The van der Waals surface area contributed by atoms with Crippen molar-refractivity contribution < 1.29 is 9.53 Å². The van der Waals surface area contributed by atoms with Gasteiger partial charge >= 0.3 is 0 Å². The van der Waals surface area contributed by atoms with E-state index in [0.29, 0.717) is 13.2 Å². The fraction of sp³-hybridized carbons (Fsp3) is 0.435. The second-order valence-electron chi connectivity index (χ2n) is 7.20. The maximum Gasteiger partial charge on any atom is 0.249 e. The monoisotopic (exact) mass is 366 g/mol. The number of carbonyl (C=O) groups excluding carboxylic acids is 1. The van der Waals surface area contributed by atoms with E-state index >= 15 is 0 Å². The summed E-state index contributed by atoms with van der Waals surface area (Å²) in [6, 6.07) is 17.1. The van der Waals surface area contributed by atoms with Crippen molar-refractivity contribution in [1.29, 1.82) is 0 Å². The molecule has 1 N–H and O–H groups in total. The van der Waals surface area contributed by atoms with Gasteiger partial charge in [0.2, 0.25) is 5.91 Å². The number of hydrogen-bond donors (Lipinski definition) is 1. The van der Waals surface area contributed by atoms with Gasteiger partial charge in [-0.1, -0.05) is 55.8 Å². The molecule has 144 valence electrons. The van der Waals surface area contributed by atoms with Crippen molar-refractivity contribution in [2.45, 2.75) is 52.3 Å². The first-order valence-corrected chi connectivity index (χ1v) is 9.97. The van der Waals surface area contributed by atoms with Crippen LogP contribution in [0.3, 0.4) is 0 Å². The van der Waals surface area contributed by atoms with Crippen LogP contribution in [0, 0.1) is 0 Å². The van der Waals surface area contributed by atoms with E-state index in [0.717, 1.165) is 37.9 Å². The fourth-order valence-corrected chi connectivity index (χ4v) is 3.37. The molecule has 4 heteroatoms. The first kappa shape index (κ1) is 19.4. The Bertz CT molecular complexity index is 742. The minimum atomic E-state index is -0.397. The smallest absolute Gasteiger partial charge is 0.249 e. The number of benzene rings is 2. The van der Waals surface area contributed by atoms with Crippen LogP contribution in [0.15, 0.2) is 48.5 Å². The van der Waals surface area contributed by atoms with Crippen molar-refractivity contribution in [2.75, 3.05) is 18.1 Å². The Labute approximate surface area is 162 Å². The molecule has 0 bridgehead atoms. The van der Waals surface area contributed by atoms with E-state index in [1.165, 1.54) is 16.8 Å². The fourth-order valence-electron chi connectivity index (χ4n) is 3.37. The molecule has 0 saturated carbocycles. The number of fused-ring (bicyclic) bond motifs is 1. The number of ether oxygens (including phenoxy) is 1. The summed E-state index contributed by atoms with van der Waals surface area (Å²) in [5.74, 6) is -0.0520. The van der Waals surface area contributed by atoms with Crippen LogP contribution in [0.25, 0.3) is 0 Å². The summed E-state index contributed by atoms with van der Waals surface area (Å²) in [6.45, 7) is 7.09. The zero-order valence-electron chi connectivity index (χ0n) is 16.4. The topological polar surface area (TPSA) is 41.6 Å². The molecule has 0 aliphatic carbocycles. The zero-order chi connectivity index (χ0) is 19.1. The van der Waals surface area contributed by atoms with E-state index in [-0.39, 0.29) is 5.91 Å². The highest BCUT2D eigenvalue weighted by Gasteiger charge is 2.18. The van der Waals surface area contributed by atoms with Crippen LogP contribution in [-0.2, 0) is 29.0 Å². The Morgan fingerprint density at radius 3 is 2.67 bits per heavy atom. The van der Waals surface area contributed by atoms with E-state index in [2.05, 4.69) is 65.7 Å². The molecule has 1 atom stereocenters. The molecule has 3 rings (SSSR count). The van der Waals surface area contributed by atoms with Crippen LogP contribution in [0.4, 0.5) is 5.69 Å². The van der Waals surface area contributed by atoms with Gasteiger partial charge in [-0.05, 0) is 42.5 Å². The summed E-state index contributed by atoms with van der Waals surface area (Å²) < 4.78 is 5.54. The van der Waals surface area contributed by atoms with Gasteiger partial charge in [-0.3, -0.25) is 4.79 Å². The molecule has 1 aliphatic heterocycles. The molecule has 1 heterocycles. The highest BCUT2D eigenvalue weighted by Crippen LogP contribution is 2.28. The number of para-hydroxylation sites is 1. The molecule has 0 aromatic heterocycles. The Morgan fingerprint density at radius 2 is 1.89 bits per heavy atom. The van der Waals surface area contributed by atoms with Gasteiger partial charge in [0, 0.05) is 31.9 Å². The van der Waals surface area contributed by atoms with Crippen molar-refractivity contribution in [2.24, 2.45) is 0 Å². The lowest BCUT2D eigenvalue weighted by atomic mass is 10.1. The summed E-state index contributed by atoms with van der Waals surface area (Å²) in [5.41, 5.74) is 5.19. The number of carbonyl (C=O) groups is 1. The van der Waals surface area contributed by atoms with Crippen LogP contribution < -0.4 is 10.2 Å². The average molecular weight is 367 g/mol. The van der Waals surface area contributed by atoms with E-state index in [1.807, 2.05) is 6.92 Å². The molecule has 0 fully saturated rings. The largest absolute Gasteiger partial charge is 0.369 e. The van der Waals surface area contributed by atoms with E-state index < -0.39 is 6.10 Å². The molecule has 1 amide bonds. The highest BCUT2D eigenvalue weighted by atomic mass is 16.5. The molecule has 1 aliphatic rings. The third kappa shape index (κ3) is 5.33. The van der Waals surface area contributed by atoms with E-state index in [9.17, 15) is 4.79 Å². The molecular weight excluding hydrogens is 336 g/mol. The Morgan fingerprint density at radius 1 is 1.15 bits per heavy atom. The molecule has 2 aromatic rings. The van der Waals surface area contributed by atoms with E-state index in [1.54, 1.807) is 0 Å². The standard InChI is InChI=1S/C23H30N2O2/c1-3-4-15-27-18(2)23(26)24-16-19-9-11-20(12-10-19)17-25-14-13-21-7-5-6-8-22(21)25/h5-12,18H,3-4,13-17H2,1-2H3,(H,24,26). The van der Waals surface area contributed by atoms with Crippen LogP contribution >= 0.6 is 0 Å². The lowest BCUT2D eigenvalue weighted by molar-refractivity contribution is -0.131. The molecule has 0 radical (unpaired) electrons. The van der Waals surface area contributed by atoms with Gasteiger partial charge < -0.3 is 15.0 Å².